The quantitative estimate of drug-likeness (QED) is 0.578. The molecule has 8 nitrogen and oxygen atoms in total. The van der Waals surface area contributed by atoms with Crippen LogP contribution in [-0.2, 0) is 22.6 Å². The summed E-state index contributed by atoms with van der Waals surface area (Å²) in [6.07, 6.45) is 8.16. The Hall–Kier alpha value is -2.97. The number of piperidine rings is 1. The Morgan fingerprint density at radius 1 is 1.18 bits per heavy atom. The highest BCUT2D eigenvalue weighted by molar-refractivity contribution is 5.77. The number of hydrogen-bond acceptors (Lipinski definition) is 5. The average Bonchev–Trinajstić information content (AvgIpc) is 3.38. The van der Waals surface area contributed by atoms with Crippen LogP contribution in [-0.4, -0.2) is 56.7 Å². The number of para-hydroxylation sites is 2. The number of nitrogens with zero attached hydrogens (tertiary/aromatic N) is 3. The van der Waals surface area contributed by atoms with Crippen molar-refractivity contribution in [3.8, 4) is 0 Å². The molecule has 4 heterocycles. The van der Waals surface area contributed by atoms with E-state index < -0.39 is 0 Å². The number of H-pyrrole nitrogens is 1. The summed E-state index contributed by atoms with van der Waals surface area (Å²) in [5, 5.41) is 3.01. The van der Waals surface area contributed by atoms with Crippen molar-refractivity contribution >= 4 is 16.9 Å². The number of fused-ring (bicyclic) bond motifs is 1. The molecule has 174 valence electrons. The molecular formula is C25H31N5O3. The number of pyridine rings is 1. The minimum absolute atomic E-state index is 0.0435. The van der Waals surface area contributed by atoms with Crippen molar-refractivity contribution in [3.05, 3.63) is 64.8 Å². The summed E-state index contributed by atoms with van der Waals surface area (Å²) >= 11 is 0. The van der Waals surface area contributed by atoms with Crippen LogP contribution in [0, 0.1) is 0 Å². The molecule has 2 saturated heterocycles. The first-order chi connectivity index (χ1) is 16.1. The molecule has 0 bridgehead atoms. The second-order valence-electron chi connectivity index (χ2n) is 9.25. The minimum atomic E-state index is -0.181. The van der Waals surface area contributed by atoms with Gasteiger partial charge in [0.25, 0.3) is 0 Å². The first-order valence-corrected chi connectivity index (χ1v) is 11.8. The maximum absolute atomic E-state index is 12.4. The predicted octanol–water partition coefficient (Wildman–Crippen LogP) is 2.44. The lowest BCUT2D eigenvalue weighted by atomic mass is 9.88. The zero-order valence-electron chi connectivity index (χ0n) is 18.8. The normalized spacial score (nSPS) is 20.4. The van der Waals surface area contributed by atoms with Gasteiger partial charge in [0, 0.05) is 51.5 Å². The fourth-order valence-corrected chi connectivity index (χ4v) is 5.13. The Kier molecular flexibility index (Phi) is 6.28. The Morgan fingerprint density at radius 3 is 2.85 bits per heavy atom. The molecule has 3 aromatic rings. The molecule has 5 rings (SSSR count). The van der Waals surface area contributed by atoms with E-state index in [9.17, 15) is 9.59 Å². The van der Waals surface area contributed by atoms with Gasteiger partial charge in [0.1, 0.15) is 0 Å². The molecule has 2 N–H and O–H groups in total. The summed E-state index contributed by atoms with van der Waals surface area (Å²) in [4.78, 5) is 34.1. The summed E-state index contributed by atoms with van der Waals surface area (Å²) in [6, 6.07) is 11.6. The van der Waals surface area contributed by atoms with E-state index in [2.05, 4.69) is 26.3 Å². The van der Waals surface area contributed by atoms with Gasteiger partial charge < -0.3 is 15.0 Å². The van der Waals surface area contributed by atoms with E-state index in [1.165, 1.54) is 5.56 Å². The summed E-state index contributed by atoms with van der Waals surface area (Å²) in [5.41, 5.74) is 2.64. The summed E-state index contributed by atoms with van der Waals surface area (Å²) in [6.45, 7) is 3.86. The number of carbonyl (C=O) groups excluding carboxylic acids is 1. The maximum Gasteiger partial charge on any atom is 0.326 e. The zero-order valence-corrected chi connectivity index (χ0v) is 18.8. The topological polar surface area (TPSA) is 92.2 Å². The van der Waals surface area contributed by atoms with Crippen LogP contribution in [0.3, 0.4) is 0 Å². The van der Waals surface area contributed by atoms with Gasteiger partial charge in [-0.3, -0.25) is 19.2 Å². The van der Waals surface area contributed by atoms with Crippen LogP contribution < -0.4 is 11.0 Å². The standard InChI is InChI=1S/C25H31N5O3/c31-23(8-13-30-22-6-2-1-5-21(22)28-24(30)32)27-17-20-7-9-25(33-20)10-14-29(15-11-25)18-19-4-3-12-26-16-19/h1-6,12,16,20H,7-11,13-15,17-18H2,(H,27,31)(H,28,32). The number of rotatable bonds is 7. The fourth-order valence-electron chi connectivity index (χ4n) is 5.13. The molecule has 1 aromatic carbocycles. The molecule has 0 saturated carbocycles. The summed E-state index contributed by atoms with van der Waals surface area (Å²) < 4.78 is 8.07. The van der Waals surface area contributed by atoms with Crippen molar-refractivity contribution in [2.75, 3.05) is 19.6 Å². The van der Waals surface area contributed by atoms with Crippen LogP contribution in [0.25, 0.3) is 11.0 Å². The van der Waals surface area contributed by atoms with Gasteiger partial charge in [0.05, 0.1) is 22.7 Å². The molecule has 0 aliphatic carbocycles. The van der Waals surface area contributed by atoms with E-state index in [0.717, 1.165) is 56.4 Å². The highest BCUT2D eigenvalue weighted by Crippen LogP contribution is 2.39. The number of aromatic amines is 1. The van der Waals surface area contributed by atoms with Gasteiger partial charge in [0.15, 0.2) is 0 Å². The van der Waals surface area contributed by atoms with Gasteiger partial charge in [-0.25, -0.2) is 4.79 Å². The smallest absolute Gasteiger partial charge is 0.326 e. The van der Waals surface area contributed by atoms with Gasteiger partial charge in [-0.1, -0.05) is 18.2 Å². The largest absolute Gasteiger partial charge is 0.370 e. The molecule has 2 aliphatic rings. The molecule has 8 heteroatoms. The Balaban J connectivity index is 1.06. The number of carbonyl (C=O) groups is 1. The van der Waals surface area contributed by atoms with Crippen molar-refractivity contribution in [2.45, 2.75) is 56.9 Å². The number of imidazole rings is 1. The predicted molar refractivity (Wildman–Crippen MR) is 126 cm³/mol. The fraction of sp³-hybridized carbons (Fsp3) is 0.480. The SMILES string of the molecule is O=C(CCn1c(=O)[nH]c2ccccc21)NCC1CCC2(CCN(Cc3cccnc3)CC2)O1. The third kappa shape index (κ3) is 5.02. The lowest BCUT2D eigenvalue weighted by Gasteiger charge is -2.39. The lowest BCUT2D eigenvalue weighted by molar-refractivity contribution is -0.123. The van der Waals surface area contributed by atoms with Crippen LogP contribution in [0.2, 0.25) is 0 Å². The number of benzene rings is 1. The number of amides is 1. The van der Waals surface area contributed by atoms with E-state index >= 15 is 0 Å². The van der Waals surface area contributed by atoms with E-state index in [1.54, 1.807) is 4.57 Å². The maximum atomic E-state index is 12.4. The van der Waals surface area contributed by atoms with Crippen molar-refractivity contribution in [2.24, 2.45) is 0 Å². The lowest BCUT2D eigenvalue weighted by Crippen LogP contribution is -2.44. The molecule has 1 atom stereocenters. The second kappa shape index (κ2) is 9.49. The highest BCUT2D eigenvalue weighted by Gasteiger charge is 2.42. The first kappa shape index (κ1) is 21.9. The van der Waals surface area contributed by atoms with Crippen molar-refractivity contribution in [3.63, 3.8) is 0 Å². The van der Waals surface area contributed by atoms with Crippen LogP contribution in [0.1, 0.15) is 37.7 Å². The molecule has 1 unspecified atom stereocenters. The van der Waals surface area contributed by atoms with Gasteiger partial charge >= 0.3 is 5.69 Å². The molecular weight excluding hydrogens is 418 g/mol. The van der Waals surface area contributed by atoms with E-state index in [4.69, 9.17) is 4.74 Å². The van der Waals surface area contributed by atoms with Crippen molar-refractivity contribution in [1.29, 1.82) is 0 Å². The molecule has 2 fully saturated rings. The number of hydrogen-bond donors (Lipinski definition) is 2. The second-order valence-corrected chi connectivity index (χ2v) is 9.25. The van der Waals surface area contributed by atoms with Gasteiger partial charge in [-0.2, -0.15) is 0 Å². The Morgan fingerprint density at radius 2 is 2.03 bits per heavy atom. The highest BCUT2D eigenvalue weighted by atomic mass is 16.5. The molecule has 2 aliphatic heterocycles. The Bertz CT molecular complexity index is 1150. The number of aryl methyl sites for hydroxylation is 1. The van der Waals surface area contributed by atoms with E-state index in [0.29, 0.717) is 13.1 Å². The molecule has 33 heavy (non-hydrogen) atoms. The zero-order chi connectivity index (χ0) is 22.7. The van der Waals surface area contributed by atoms with Gasteiger partial charge in [0.2, 0.25) is 5.91 Å². The third-order valence-corrected chi connectivity index (χ3v) is 7.01. The third-order valence-electron chi connectivity index (χ3n) is 7.01. The van der Waals surface area contributed by atoms with Crippen LogP contribution in [0.4, 0.5) is 0 Å². The van der Waals surface area contributed by atoms with Crippen LogP contribution in [0.5, 0.6) is 0 Å². The summed E-state index contributed by atoms with van der Waals surface area (Å²) in [5.74, 6) is -0.0528. The van der Waals surface area contributed by atoms with Crippen molar-refractivity contribution in [1.82, 2.24) is 24.8 Å². The van der Waals surface area contributed by atoms with Gasteiger partial charge in [-0.15, -0.1) is 0 Å². The first-order valence-electron chi connectivity index (χ1n) is 11.8. The summed E-state index contributed by atoms with van der Waals surface area (Å²) in [7, 11) is 0. The average molecular weight is 450 g/mol. The Labute approximate surface area is 193 Å². The van der Waals surface area contributed by atoms with Gasteiger partial charge in [-0.05, 0) is 49.4 Å². The number of ether oxygens (including phenoxy) is 1. The van der Waals surface area contributed by atoms with Crippen molar-refractivity contribution < 1.29 is 9.53 Å². The number of aromatic nitrogens is 3. The molecule has 1 spiro atoms. The monoisotopic (exact) mass is 449 g/mol. The van der Waals surface area contributed by atoms with Crippen LogP contribution >= 0.6 is 0 Å². The molecule has 0 radical (unpaired) electrons. The molecule has 1 amide bonds. The van der Waals surface area contributed by atoms with Crippen LogP contribution in [0.15, 0.2) is 53.6 Å². The minimum Gasteiger partial charge on any atom is -0.370 e. The number of likely N-dealkylation sites (tertiary alicyclic amines) is 1. The number of nitrogens with one attached hydrogen (secondary N) is 2. The van der Waals surface area contributed by atoms with E-state index in [-0.39, 0.29) is 29.7 Å². The molecule has 2 aromatic heterocycles. The van der Waals surface area contributed by atoms with E-state index in [1.807, 2.05) is 42.7 Å².